The summed E-state index contributed by atoms with van der Waals surface area (Å²) in [7, 11) is 0. The molecule has 3 aromatic rings. The molecule has 0 saturated heterocycles. The molecule has 1 aromatic heterocycles. The fourth-order valence-electron chi connectivity index (χ4n) is 4.58. The molecule has 0 unspecified atom stereocenters. The highest BCUT2D eigenvalue weighted by molar-refractivity contribution is 6.06. The second-order valence-corrected chi connectivity index (χ2v) is 9.82. The number of ether oxygens (including phenoxy) is 1. The molecular weight excluding hydrogens is 494 g/mol. The molecule has 1 fully saturated rings. The smallest absolute Gasteiger partial charge is 0.425 e. The van der Waals surface area contributed by atoms with Crippen molar-refractivity contribution in [3.05, 3.63) is 63.6 Å². The number of nitrogens with zero attached hydrogens (tertiary/aromatic N) is 3. The van der Waals surface area contributed by atoms with Crippen molar-refractivity contribution in [2.45, 2.75) is 58.4 Å². The lowest BCUT2D eigenvalue weighted by Gasteiger charge is -2.20. The van der Waals surface area contributed by atoms with Crippen LogP contribution < -0.4 is 21.5 Å². The maximum absolute atomic E-state index is 15.3. The van der Waals surface area contributed by atoms with Crippen LogP contribution in [0.2, 0.25) is 0 Å². The molecule has 2 aliphatic rings. The summed E-state index contributed by atoms with van der Waals surface area (Å²) in [6.07, 6.45) is -3.60. The van der Waals surface area contributed by atoms with E-state index < -0.39 is 46.7 Å². The van der Waals surface area contributed by atoms with E-state index in [1.807, 2.05) is 0 Å². The van der Waals surface area contributed by atoms with Crippen LogP contribution >= 0.6 is 0 Å². The van der Waals surface area contributed by atoms with E-state index in [1.165, 1.54) is 16.7 Å². The Labute approximate surface area is 209 Å². The van der Waals surface area contributed by atoms with Crippen molar-refractivity contribution >= 4 is 17.3 Å². The van der Waals surface area contributed by atoms with Gasteiger partial charge in [0.2, 0.25) is 0 Å². The average Bonchev–Trinajstić information content (AvgIpc) is 3.49. The minimum atomic E-state index is -4.75. The Hall–Kier alpha value is -3.83. The van der Waals surface area contributed by atoms with Crippen LogP contribution in [0.3, 0.4) is 0 Å². The van der Waals surface area contributed by atoms with E-state index in [1.54, 1.807) is 13.0 Å². The maximum atomic E-state index is 15.3. The van der Waals surface area contributed by atoms with Gasteiger partial charge in [-0.05, 0) is 68.4 Å². The summed E-state index contributed by atoms with van der Waals surface area (Å²) in [6.45, 7) is 2.88. The van der Waals surface area contributed by atoms with Gasteiger partial charge in [0.15, 0.2) is 6.10 Å². The largest absolute Gasteiger partial charge is 0.480 e. The molecular formula is C25H25F4N5O3. The van der Waals surface area contributed by atoms with Crippen LogP contribution in [-0.4, -0.2) is 32.5 Å². The van der Waals surface area contributed by atoms with Gasteiger partial charge in [-0.25, -0.2) is 9.18 Å². The van der Waals surface area contributed by atoms with Crippen LogP contribution in [0, 0.1) is 18.2 Å². The topological polar surface area (TPSA) is 104 Å². The summed E-state index contributed by atoms with van der Waals surface area (Å²) in [6, 6.07) is 6.32. The third-order valence-corrected chi connectivity index (χ3v) is 7.08. The van der Waals surface area contributed by atoms with Crippen LogP contribution in [0.5, 0.6) is 5.75 Å². The number of fused-ring (bicyclic) bond motifs is 1. The number of carbonyl (C=O) groups is 1. The van der Waals surface area contributed by atoms with Gasteiger partial charge in [0.1, 0.15) is 23.1 Å². The van der Waals surface area contributed by atoms with Gasteiger partial charge in [-0.3, -0.25) is 9.36 Å². The summed E-state index contributed by atoms with van der Waals surface area (Å²) in [4.78, 5) is 26.1. The van der Waals surface area contributed by atoms with E-state index >= 15 is 4.39 Å². The summed E-state index contributed by atoms with van der Waals surface area (Å²) in [5, 5.41) is 6.83. The number of hydrogen-bond acceptors (Lipinski definition) is 5. The molecule has 37 heavy (non-hydrogen) atoms. The van der Waals surface area contributed by atoms with Crippen molar-refractivity contribution < 1.29 is 27.1 Å². The molecule has 1 atom stereocenters. The van der Waals surface area contributed by atoms with Gasteiger partial charge in [0.25, 0.3) is 5.91 Å². The van der Waals surface area contributed by atoms with Gasteiger partial charge in [-0.1, -0.05) is 0 Å². The molecule has 1 aliphatic carbocycles. The minimum Gasteiger partial charge on any atom is -0.480 e. The monoisotopic (exact) mass is 519 g/mol. The molecule has 1 saturated carbocycles. The van der Waals surface area contributed by atoms with Crippen LogP contribution in [0.4, 0.5) is 28.9 Å². The van der Waals surface area contributed by atoms with E-state index in [0.29, 0.717) is 35.7 Å². The number of anilines is 2. The molecule has 5 rings (SSSR count). The molecule has 2 heterocycles. The van der Waals surface area contributed by atoms with Crippen molar-refractivity contribution in [2.75, 3.05) is 11.1 Å². The normalized spacial score (nSPS) is 16.8. The van der Waals surface area contributed by atoms with Crippen molar-refractivity contribution in [1.82, 2.24) is 14.3 Å². The summed E-state index contributed by atoms with van der Waals surface area (Å²) >= 11 is 0. The first-order chi connectivity index (χ1) is 17.4. The molecule has 2 aromatic carbocycles. The number of aromatic nitrogens is 3. The Morgan fingerprint density at radius 2 is 1.95 bits per heavy atom. The fourth-order valence-corrected chi connectivity index (χ4v) is 4.58. The molecule has 0 radical (unpaired) electrons. The molecule has 196 valence electrons. The third kappa shape index (κ3) is 4.67. The zero-order valence-electron chi connectivity index (χ0n) is 20.2. The van der Waals surface area contributed by atoms with Crippen LogP contribution in [-0.2, 0) is 13.0 Å². The Morgan fingerprint density at radius 3 is 2.59 bits per heavy atom. The standard InChI is InChI=1S/C25H25F4N5O3/c1-13-9-15(30)3-4-18(13)31-22(35)16-10-17(26)19(11-20(16)37-14(2)25(27,28)29)34-23(36)33-8-7-24(5-6-24)12-21(33)32-34/h3-4,9-11,14H,5-8,12,30H2,1-2H3,(H,31,35)/t14-/m0/s1. The Balaban J connectivity index is 1.56. The summed E-state index contributed by atoms with van der Waals surface area (Å²) < 4.78 is 62.7. The number of nitrogens with one attached hydrogen (secondary N) is 1. The predicted molar refractivity (Wildman–Crippen MR) is 127 cm³/mol. The van der Waals surface area contributed by atoms with Crippen LogP contribution in [0.1, 0.15) is 47.9 Å². The van der Waals surface area contributed by atoms with Gasteiger partial charge in [0.05, 0.1) is 5.56 Å². The van der Waals surface area contributed by atoms with Crippen LogP contribution in [0.25, 0.3) is 5.69 Å². The molecule has 12 heteroatoms. The number of carbonyl (C=O) groups excluding carboxylic acids is 1. The Morgan fingerprint density at radius 1 is 1.22 bits per heavy atom. The van der Waals surface area contributed by atoms with Gasteiger partial charge in [0, 0.05) is 30.4 Å². The van der Waals surface area contributed by atoms with Gasteiger partial charge < -0.3 is 15.8 Å². The lowest BCUT2D eigenvalue weighted by molar-refractivity contribution is -0.189. The highest BCUT2D eigenvalue weighted by Crippen LogP contribution is 2.53. The number of nitrogens with two attached hydrogens (primary N) is 1. The molecule has 1 aliphatic heterocycles. The van der Waals surface area contributed by atoms with E-state index in [-0.39, 0.29) is 5.41 Å². The lowest BCUT2D eigenvalue weighted by Crippen LogP contribution is -2.32. The van der Waals surface area contributed by atoms with Crippen molar-refractivity contribution in [2.24, 2.45) is 5.41 Å². The molecule has 3 N–H and O–H groups in total. The van der Waals surface area contributed by atoms with Gasteiger partial charge in [-0.2, -0.15) is 17.9 Å². The first-order valence-corrected chi connectivity index (χ1v) is 11.8. The fraction of sp³-hybridized carbons (Fsp3) is 0.400. The average molecular weight is 519 g/mol. The number of amides is 1. The van der Waals surface area contributed by atoms with Crippen LogP contribution in [0.15, 0.2) is 35.1 Å². The number of hydrogen-bond donors (Lipinski definition) is 2. The number of alkyl halides is 3. The zero-order valence-corrected chi connectivity index (χ0v) is 20.2. The van der Waals surface area contributed by atoms with Crippen molar-refractivity contribution in [3.63, 3.8) is 0 Å². The van der Waals surface area contributed by atoms with Gasteiger partial charge >= 0.3 is 11.9 Å². The van der Waals surface area contributed by atoms with E-state index in [2.05, 4.69) is 10.4 Å². The van der Waals surface area contributed by atoms with E-state index in [4.69, 9.17) is 10.5 Å². The van der Waals surface area contributed by atoms with E-state index in [9.17, 15) is 22.8 Å². The number of aryl methyl sites for hydroxylation is 1. The SMILES string of the molecule is Cc1cc(N)ccc1NC(=O)c1cc(F)c(-n2nc3n(c2=O)CCC2(CC2)C3)cc1O[C@@H](C)C(F)(F)F. The molecule has 0 bridgehead atoms. The number of nitrogen functional groups attached to an aromatic ring is 1. The first-order valence-electron chi connectivity index (χ1n) is 11.8. The maximum Gasteiger partial charge on any atom is 0.425 e. The minimum absolute atomic E-state index is 0.128. The molecule has 1 spiro atoms. The lowest BCUT2D eigenvalue weighted by atomic mass is 9.95. The second-order valence-electron chi connectivity index (χ2n) is 9.82. The second kappa shape index (κ2) is 8.63. The number of halogens is 4. The van der Waals surface area contributed by atoms with Crippen molar-refractivity contribution in [1.29, 1.82) is 0 Å². The Kier molecular flexibility index (Phi) is 5.80. The molecule has 8 nitrogen and oxygen atoms in total. The predicted octanol–water partition coefficient (Wildman–Crippen LogP) is 4.37. The van der Waals surface area contributed by atoms with Gasteiger partial charge in [-0.15, -0.1) is 5.10 Å². The molecule has 1 amide bonds. The highest BCUT2D eigenvalue weighted by atomic mass is 19.4. The summed E-state index contributed by atoms with van der Waals surface area (Å²) in [5.74, 6) is -1.94. The summed E-state index contributed by atoms with van der Waals surface area (Å²) in [5.41, 5.74) is 5.77. The van der Waals surface area contributed by atoms with E-state index in [0.717, 1.165) is 43.0 Å². The third-order valence-electron chi connectivity index (χ3n) is 7.08. The zero-order chi connectivity index (χ0) is 26.7. The van der Waals surface area contributed by atoms with Crippen molar-refractivity contribution in [3.8, 4) is 11.4 Å². The Bertz CT molecular complexity index is 1460. The number of rotatable bonds is 5. The first kappa shape index (κ1) is 24.8. The highest BCUT2D eigenvalue weighted by Gasteiger charge is 2.46. The quantitative estimate of drug-likeness (QED) is 0.385. The number of benzene rings is 2.